The lowest BCUT2D eigenvalue weighted by Crippen LogP contribution is -2.49. The number of benzene rings is 1. The fourth-order valence-electron chi connectivity index (χ4n) is 3.62. The fraction of sp³-hybridized carbons (Fsp3) is 0.476. The van der Waals surface area contributed by atoms with Crippen LogP contribution in [0.4, 0.5) is 0 Å². The van der Waals surface area contributed by atoms with Gasteiger partial charge in [0.2, 0.25) is 5.89 Å². The number of hydrogen-bond acceptors (Lipinski definition) is 6. The van der Waals surface area contributed by atoms with E-state index in [1.54, 1.807) is 14.0 Å². The number of carbonyl (C=O) groups excluding carboxylic acids is 1. The summed E-state index contributed by atoms with van der Waals surface area (Å²) in [6, 6.07) is 5.63. The molecule has 1 amide bonds. The van der Waals surface area contributed by atoms with Crippen LogP contribution in [-0.2, 0) is 16.8 Å². The van der Waals surface area contributed by atoms with Crippen molar-refractivity contribution in [1.29, 1.82) is 0 Å². The van der Waals surface area contributed by atoms with Crippen LogP contribution in [0, 0.1) is 6.92 Å². The largest absolute Gasteiger partial charge is 0.493 e. The molecule has 0 saturated heterocycles. The maximum Gasteiger partial charge on any atom is 0.258 e. The first-order chi connectivity index (χ1) is 13.6. The second-order valence-corrected chi connectivity index (χ2v) is 7.09. The van der Waals surface area contributed by atoms with Crippen LogP contribution >= 0.6 is 0 Å². The van der Waals surface area contributed by atoms with Gasteiger partial charge in [0.05, 0.1) is 7.11 Å². The predicted octanol–water partition coefficient (Wildman–Crippen LogP) is 3.47. The number of nitrogens with zero attached hydrogens (tertiary/aromatic N) is 2. The molecule has 7 heteroatoms. The Morgan fingerprint density at radius 3 is 2.75 bits per heavy atom. The molecule has 0 spiro atoms. The van der Waals surface area contributed by atoms with Crippen molar-refractivity contribution in [3.8, 4) is 11.5 Å². The van der Waals surface area contributed by atoms with Gasteiger partial charge in [0.15, 0.2) is 23.9 Å². The highest BCUT2D eigenvalue weighted by atomic mass is 16.5. The van der Waals surface area contributed by atoms with Crippen LogP contribution in [-0.4, -0.2) is 29.8 Å². The minimum atomic E-state index is -0.589. The number of amides is 1. The highest BCUT2D eigenvalue weighted by Crippen LogP contribution is 2.35. The summed E-state index contributed by atoms with van der Waals surface area (Å²) in [4.78, 5) is 17.0. The minimum absolute atomic E-state index is 0.115. The number of hydrogen-bond donors (Lipinski definition) is 1. The number of carbonyl (C=O) groups is 1. The average molecular weight is 385 g/mol. The minimum Gasteiger partial charge on any atom is -0.493 e. The summed E-state index contributed by atoms with van der Waals surface area (Å²) in [5.74, 6) is 1.94. The van der Waals surface area contributed by atoms with Crippen LogP contribution in [0.1, 0.15) is 49.4 Å². The van der Waals surface area contributed by atoms with Crippen LogP contribution in [0.3, 0.4) is 0 Å². The first kappa shape index (κ1) is 19.9. The van der Waals surface area contributed by atoms with E-state index in [0.717, 1.165) is 44.1 Å². The molecule has 2 aromatic rings. The summed E-state index contributed by atoms with van der Waals surface area (Å²) in [5, 5.41) is 7.17. The zero-order valence-electron chi connectivity index (χ0n) is 16.5. The zero-order chi connectivity index (χ0) is 20.0. The van der Waals surface area contributed by atoms with Crippen molar-refractivity contribution in [2.75, 3.05) is 13.7 Å². The first-order valence-corrected chi connectivity index (χ1v) is 9.59. The molecule has 1 heterocycles. The molecule has 1 saturated carbocycles. The van der Waals surface area contributed by atoms with Crippen LogP contribution in [0.2, 0.25) is 0 Å². The molecule has 0 radical (unpaired) electrons. The summed E-state index contributed by atoms with van der Waals surface area (Å²) in [7, 11) is 1.58. The van der Waals surface area contributed by atoms with Crippen molar-refractivity contribution in [2.45, 2.75) is 51.0 Å². The second-order valence-electron chi connectivity index (χ2n) is 7.09. The highest BCUT2D eigenvalue weighted by molar-refractivity contribution is 5.78. The quantitative estimate of drug-likeness (QED) is 0.700. The number of aromatic nitrogens is 2. The van der Waals surface area contributed by atoms with Gasteiger partial charge < -0.3 is 19.3 Å². The predicted molar refractivity (Wildman–Crippen MR) is 104 cm³/mol. The third kappa shape index (κ3) is 4.52. The van der Waals surface area contributed by atoms with Crippen LogP contribution in [0.25, 0.3) is 0 Å². The molecule has 1 N–H and O–H groups in total. The van der Waals surface area contributed by atoms with Crippen LogP contribution in [0.15, 0.2) is 35.4 Å². The number of ether oxygens (including phenoxy) is 2. The molecule has 0 unspecified atom stereocenters. The van der Waals surface area contributed by atoms with Crippen molar-refractivity contribution in [2.24, 2.45) is 0 Å². The molecule has 1 fully saturated rings. The standard InChI is InChI=1S/C21H27N3O4/c1-4-8-16-9-10-17(18(13-16)26-3)27-14-19(25)23-21(11-6-5-7-12-21)20-22-15(2)28-24-20/h4,9-10,13H,1,5-8,11-12,14H2,2-3H3,(H,23,25). The van der Waals surface area contributed by atoms with Crippen molar-refractivity contribution < 1.29 is 18.8 Å². The molecule has 28 heavy (non-hydrogen) atoms. The van der Waals surface area contributed by atoms with E-state index in [1.165, 1.54) is 0 Å². The molecular weight excluding hydrogens is 358 g/mol. The van der Waals surface area contributed by atoms with Gasteiger partial charge in [-0.25, -0.2) is 0 Å². The van der Waals surface area contributed by atoms with E-state index in [1.807, 2.05) is 24.3 Å². The van der Waals surface area contributed by atoms with Gasteiger partial charge in [-0.05, 0) is 37.0 Å². The highest BCUT2D eigenvalue weighted by Gasteiger charge is 2.39. The van der Waals surface area contributed by atoms with Gasteiger partial charge in [-0.2, -0.15) is 4.98 Å². The Morgan fingerprint density at radius 2 is 2.11 bits per heavy atom. The van der Waals surface area contributed by atoms with Gasteiger partial charge in [-0.3, -0.25) is 4.79 Å². The Morgan fingerprint density at radius 1 is 1.32 bits per heavy atom. The van der Waals surface area contributed by atoms with E-state index in [-0.39, 0.29) is 12.5 Å². The lowest BCUT2D eigenvalue weighted by molar-refractivity contribution is -0.125. The van der Waals surface area contributed by atoms with Crippen molar-refractivity contribution >= 4 is 5.91 Å². The number of allylic oxidation sites excluding steroid dienone is 1. The Kier molecular flexibility index (Phi) is 6.34. The molecule has 1 aliphatic carbocycles. The molecular formula is C21H27N3O4. The number of methoxy groups -OCH3 is 1. The normalized spacial score (nSPS) is 15.6. The SMILES string of the molecule is C=CCc1ccc(OCC(=O)NC2(c3noc(C)n3)CCCCC2)c(OC)c1. The lowest BCUT2D eigenvalue weighted by Gasteiger charge is -2.35. The molecule has 1 aromatic carbocycles. The summed E-state index contributed by atoms with van der Waals surface area (Å²) in [5.41, 5.74) is 0.478. The van der Waals surface area contributed by atoms with E-state index < -0.39 is 5.54 Å². The van der Waals surface area contributed by atoms with E-state index in [0.29, 0.717) is 23.2 Å². The molecule has 150 valence electrons. The third-order valence-corrected chi connectivity index (χ3v) is 5.01. The summed E-state index contributed by atoms with van der Waals surface area (Å²) in [6.45, 7) is 5.37. The lowest BCUT2D eigenvalue weighted by atomic mass is 9.81. The zero-order valence-corrected chi connectivity index (χ0v) is 16.5. The first-order valence-electron chi connectivity index (χ1n) is 9.59. The van der Waals surface area contributed by atoms with Gasteiger partial charge in [-0.1, -0.05) is 36.6 Å². The fourth-order valence-corrected chi connectivity index (χ4v) is 3.62. The number of nitrogens with one attached hydrogen (secondary N) is 1. The molecule has 1 aromatic heterocycles. The van der Waals surface area contributed by atoms with Crippen molar-refractivity contribution in [3.63, 3.8) is 0 Å². The van der Waals surface area contributed by atoms with E-state index in [4.69, 9.17) is 14.0 Å². The van der Waals surface area contributed by atoms with Crippen molar-refractivity contribution in [3.05, 3.63) is 48.1 Å². The maximum absolute atomic E-state index is 12.7. The summed E-state index contributed by atoms with van der Waals surface area (Å²) in [6.07, 6.45) is 7.30. The maximum atomic E-state index is 12.7. The van der Waals surface area contributed by atoms with Crippen LogP contribution in [0.5, 0.6) is 11.5 Å². The van der Waals surface area contributed by atoms with E-state index in [2.05, 4.69) is 22.0 Å². The average Bonchev–Trinajstić information content (AvgIpc) is 3.15. The number of rotatable bonds is 8. The van der Waals surface area contributed by atoms with Gasteiger partial charge in [0, 0.05) is 6.92 Å². The molecule has 0 bridgehead atoms. The molecule has 0 aliphatic heterocycles. The molecule has 0 atom stereocenters. The summed E-state index contributed by atoms with van der Waals surface area (Å²) >= 11 is 0. The molecule has 7 nitrogen and oxygen atoms in total. The van der Waals surface area contributed by atoms with Gasteiger partial charge in [0.1, 0.15) is 5.54 Å². The van der Waals surface area contributed by atoms with Gasteiger partial charge in [-0.15, -0.1) is 6.58 Å². The van der Waals surface area contributed by atoms with Crippen LogP contribution < -0.4 is 14.8 Å². The topological polar surface area (TPSA) is 86.5 Å². The van der Waals surface area contributed by atoms with Crippen molar-refractivity contribution in [1.82, 2.24) is 15.5 Å². The Hall–Kier alpha value is -2.83. The Bertz CT molecular complexity index is 825. The van der Waals surface area contributed by atoms with E-state index in [9.17, 15) is 4.79 Å². The second kappa shape index (κ2) is 8.91. The molecule has 1 aliphatic rings. The Labute approximate surface area is 165 Å². The smallest absolute Gasteiger partial charge is 0.258 e. The summed E-state index contributed by atoms with van der Waals surface area (Å²) < 4.78 is 16.3. The van der Waals surface area contributed by atoms with Gasteiger partial charge in [0.25, 0.3) is 5.91 Å². The molecule has 3 rings (SSSR count). The monoisotopic (exact) mass is 385 g/mol. The number of aryl methyl sites for hydroxylation is 1. The Balaban J connectivity index is 1.68. The third-order valence-electron chi connectivity index (χ3n) is 5.01. The van der Waals surface area contributed by atoms with Gasteiger partial charge >= 0.3 is 0 Å². The van der Waals surface area contributed by atoms with E-state index >= 15 is 0 Å².